The molecule has 2 amide bonds. The summed E-state index contributed by atoms with van der Waals surface area (Å²) < 4.78 is 18.4. The lowest BCUT2D eigenvalue weighted by molar-refractivity contribution is -0.123. The highest BCUT2D eigenvalue weighted by molar-refractivity contribution is 6.22. The molecule has 8 heteroatoms. The number of benzene rings is 3. The molecule has 0 N–H and O–H groups in total. The lowest BCUT2D eigenvalue weighted by Crippen LogP contribution is -2.52. The minimum Gasteiger partial charge on any atom is -0.497 e. The van der Waals surface area contributed by atoms with Crippen molar-refractivity contribution in [2.45, 2.75) is 12.5 Å². The molecule has 2 heterocycles. The molecule has 1 atom stereocenters. The summed E-state index contributed by atoms with van der Waals surface area (Å²) in [5, 5.41) is 0. The Balaban J connectivity index is 1.20. The summed E-state index contributed by atoms with van der Waals surface area (Å²) >= 11 is 0. The van der Waals surface area contributed by atoms with Crippen molar-refractivity contribution < 1.29 is 23.5 Å². The van der Waals surface area contributed by atoms with Gasteiger partial charge in [0.05, 0.1) is 25.3 Å². The molecule has 184 valence electrons. The number of piperazine rings is 1. The van der Waals surface area contributed by atoms with Crippen LogP contribution in [0, 0.1) is 5.82 Å². The van der Waals surface area contributed by atoms with Crippen molar-refractivity contribution in [3.05, 3.63) is 89.7 Å². The van der Waals surface area contributed by atoms with Crippen LogP contribution in [0.4, 0.5) is 15.8 Å². The molecule has 36 heavy (non-hydrogen) atoms. The summed E-state index contributed by atoms with van der Waals surface area (Å²) in [7, 11) is 1.59. The number of nitrogens with zero attached hydrogens (tertiary/aromatic N) is 3. The zero-order valence-corrected chi connectivity index (χ0v) is 19.9. The summed E-state index contributed by atoms with van der Waals surface area (Å²) in [5.41, 5.74) is 2.61. The average molecular weight is 488 g/mol. The van der Waals surface area contributed by atoms with Crippen LogP contribution in [-0.2, 0) is 9.59 Å². The molecule has 0 spiro atoms. The summed E-state index contributed by atoms with van der Waals surface area (Å²) in [4.78, 5) is 43.8. The van der Waals surface area contributed by atoms with Gasteiger partial charge in [-0.15, -0.1) is 0 Å². The Morgan fingerprint density at radius 2 is 1.36 bits per heavy atom. The molecule has 0 unspecified atom stereocenters. The number of ether oxygens (including phenoxy) is 1. The Morgan fingerprint density at radius 1 is 0.806 bits per heavy atom. The van der Waals surface area contributed by atoms with E-state index in [9.17, 15) is 18.8 Å². The fourth-order valence-electron chi connectivity index (χ4n) is 4.79. The van der Waals surface area contributed by atoms with E-state index >= 15 is 0 Å². The van der Waals surface area contributed by atoms with Gasteiger partial charge in [-0.05, 0) is 72.8 Å². The number of halogens is 1. The first-order valence-corrected chi connectivity index (χ1v) is 11.8. The number of carbonyl (C=O) groups is 3. The summed E-state index contributed by atoms with van der Waals surface area (Å²) in [6, 6.07) is 19.5. The number of rotatable bonds is 6. The number of carbonyl (C=O) groups excluding carboxylic acids is 3. The molecule has 0 saturated carbocycles. The van der Waals surface area contributed by atoms with Crippen molar-refractivity contribution >= 4 is 29.0 Å². The van der Waals surface area contributed by atoms with E-state index < -0.39 is 11.9 Å². The largest absolute Gasteiger partial charge is 0.497 e. The van der Waals surface area contributed by atoms with Crippen molar-refractivity contribution in [1.29, 1.82) is 0 Å². The highest BCUT2D eigenvalue weighted by Crippen LogP contribution is 2.27. The highest BCUT2D eigenvalue weighted by atomic mass is 19.1. The van der Waals surface area contributed by atoms with Crippen LogP contribution >= 0.6 is 0 Å². The quantitative estimate of drug-likeness (QED) is 0.392. The maximum atomic E-state index is 13.3. The molecule has 7 nitrogen and oxygen atoms in total. The van der Waals surface area contributed by atoms with E-state index in [4.69, 9.17) is 4.74 Å². The van der Waals surface area contributed by atoms with Gasteiger partial charge in [-0.1, -0.05) is 0 Å². The molecule has 2 saturated heterocycles. The zero-order valence-electron chi connectivity index (χ0n) is 19.9. The first-order valence-electron chi connectivity index (χ1n) is 11.8. The summed E-state index contributed by atoms with van der Waals surface area (Å²) in [6.07, 6.45) is 0.123. The highest BCUT2D eigenvalue weighted by Gasteiger charge is 2.43. The van der Waals surface area contributed by atoms with Gasteiger partial charge >= 0.3 is 0 Å². The fraction of sp³-hybridized carbons (Fsp3) is 0.250. The second-order valence-corrected chi connectivity index (χ2v) is 8.89. The maximum Gasteiger partial charge on any atom is 0.251 e. The van der Waals surface area contributed by atoms with E-state index in [1.807, 2.05) is 29.2 Å². The van der Waals surface area contributed by atoms with Crippen LogP contribution in [0.3, 0.4) is 0 Å². The molecule has 3 aromatic carbocycles. The van der Waals surface area contributed by atoms with Crippen molar-refractivity contribution in [3.8, 4) is 5.75 Å². The third-order valence-electron chi connectivity index (χ3n) is 6.81. The van der Waals surface area contributed by atoms with E-state index in [2.05, 4.69) is 4.90 Å². The van der Waals surface area contributed by atoms with E-state index in [0.29, 0.717) is 48.7 Å². The number of ketones is 1. The average Bonchev–Trinajstić information content (AvgIpc) is 3.22. The van der Waals surface area contributed by atoms with Crippen LogP contribution in [0.15, 0.2) is 72.8 Å². The molecule has 3 aromatic rings. The van der Waals surface area contributed by atoms with Crippen molar-refractivity contribution in [1.82, 2.24) is 4.90 Å². The van der Waals surface area contributed by atoms with Crippen LogP contribution in [0.1, 0.15) is 22.3 Å². The van der Waals surface area contributed by atoms with E-state index in [1.54, 1.807) is 31.4 Å². The Hall–Kier alpha value is -4.04. The third-order valence-corrected chi connectivity index (χ3v) is 6.81. The van der Waals surface area contributed by atoms with Gasteiger partial charge in [-0.2, -0.15) is 0 Å². The normalized spacial score (nSPS) is 18.6. The van der Waals surface area contributed by atoms with Crippen molar-refractivity contribution in [3.63, 3.8) is 0 Å². The van der Waals surface area contributed by atoms with Gasteiger partial charge in [0, 0.05) is 43.0 Å². The summed E-state index contributed by atoms with van der Waals surface area (Å²) in [5.74, 6) is -0.293. The lowest BCUT2D eigenvalue weighted by atomic mass is 10.0. The van der Waals surface area contributed by atoms with Gasteiger partial charge in [0.2, 0.25) is 5.91 Å². The third kappa shape index (κ3) is 4.59. The van der Waals surface area contributed by atoms with Crippen LogP contribution in [-0.4, -0.2) is 61.8 Å². The molecule has 0 aliphatic carbocycles. The van der Waals surface area contributed by atoms with Gasteiger partial charge in [-0.3, -0.25) is 19.3 Å². The smallest absolute Gasteiger partial charge is 0.251 e. The topological polar surface area (TPSA) is 70.2 Å². The SMILES string of the molecule is COc1ccc(C(=O)c2ccc(N3CCN([C@H]4CC(=O)N(c5ccc(F)cc5)C4=O)CC3)cc2)cc1. The molecule has 0 bridgehead atoms. The van der Waals surface area contributed by atoms with Crippen LogP contribution in [0.5, 0.6) is 5.75 Å². The van der Waals surface area contributed by atoms with Gasteiger partial charge in [0.25, 0.3) is 5.91 Å². The van der Waals surface area contributed by atoms with E-state index in [0.717, 1.165) is 10.6 Å². The van der Waals surface area contributed by atoms with Gasteiger partial charge in [0.15, 0.2) is 5.78 Å². The molecular weight excluding hydrogens is 461 g/mol. The first kappa shape index (κ1) is 23.7. The minimum atomic E-state index is -0.505. The number of imide groups is 1. The zero-order chi connectivity index (χ0) is 25.2. The Kier molecular flexibility index (Phi) is 6.52. The maximum absolute atomic E-state index is 13.3. The Morgan fingerprint density at radius 3 is 1.94 bits per heavy atom. The minimum absolute atomic E-state index is 0.0517. The van der Waals surface area contributed by atoms with Crippen LogP contribution in [0.25, 0.3) is 0 Å². The van der Waals surface area contributed by atoms with Gasteiger partial charge < -0.3 is 9.64 Å². The molecule has 2 fully saturated rings. The van der Waals surface area contributed by atoms with Crippen LogP contribution < -0.4 is 14.5 Å². The standard InChI is InChI=1S/C28H26FN3O4/c1-36-24-12-4-20(5-13-24)27(34)19-2-8-22(9-3-19)30-14-16-31(17-15-30)25-18-26(33)32(28(25)35)23-10-6-21(29)7-11-23/h2-13,25H,14-18H2,1H3/t25-/m0/s1. The predicted molar refractivity (Wildman–Crippen MR) is 134 cm³/mol. The molecular formula is C28H26FN3O4. The van der Waals surface area contributed by atoms with E-state index in [-0.39, 0.29) is 24.0 Å². The number of hydrogen-bond acceptors (Lipinski definition) is 6. The molecule has 5 rings (SSSR count). The number of amides is 2. The fourth-order valence-corrected chi connectivity index (χ4v) is 4.79. The second kappa shape index (κ2) is 9.91. The Labute approximate surface area is 208 Å². The van der Waals surface area contributed by atoms with Crippen molar-refractivity contribution in [2.75, 3.05) is 43.1 Å². The number of hydrogen-bond donors (Lipinski definition) is 0. The molecule has 2 aliphatic heterocycles. The lowest BCUT2D eigenvalue weighted by Gasteiger charge is -2.38. The summed E-state index contributed by atoms with van der Waals surface area (Å²) in [6.45, 7) is 2.65. The molecule has 0 radical (unpaired) electrons. The van der Waals surface area contributed by atoms with Crippen LogP contribution in [0.2, 0.25) is 0 Å². The second-order valence-electron chi connectivity index (χ2n) is 8.89. The first-order chi connectivity index (χ1) is 17.4. The van der Waals surface area contributed by atoms with E-state index in [1.165, 1.54) is 24.3 Å². The molecule has 2 aliphatic rings. The number of methoxy groups -OCH3 is 1. The number of anilines is 2. The molecule has 0 aromatic heterocycles. The monoisotopic (exact) mass is 487 g/mol. The predicted octanol–water partition coefficient (Wildman–Crippen LogP) is 3.52. The Bertz CT molecular complexity index is 1270. The van der Waals surface area contributed by atoms with Gasteiger partial charge in [-0.25, -0.2) is 9.29 Å². The van der Waals surface area contributed by atoms with Crippen molar-refractivity contribution in [2.24, 2.45) is 0 Å². The van der Waals surface area contributed by atoms with Gasteiger partial charge in [0.1, 0.15) is 11.6 Å².